The van der Waals surface area contributed by atoms with Crippen molar-refractivity contribution in [3.63, 3.8) is 0 Å². The number of hydrogen-bond acceptors (Lipinski definition) is 4. The first-order valence-electron chi connectivity index (χ1n) is 2.92. The average Bonchev–Trinajstić information content (AvgIpc) is 1.99. The van der Waals surface area contributed by atoms with Gasteiger partial charge in [-0.25, -0.2) is 5.84 Å². The summed E-state index contributed by atoms with van der Waals surface area (Å²) in [6.07, 6.45) is 0.284. The maximum absolute atomic E-state index is 10.5. The summed E-state index contributed by atoms with van der Waals surface area (Å²) in [6, 6.07) is 0. The van der Waals surface area contributed by atoms with Crippen molar-refractivity contribution in [3.05, 3.63) is 0 Å². The standard InChI is InChI=1S/C5H11N3O2/c6-3-4(9)1-2-5(10)8-7/h1-3,6-7H2,(H,8,10). The maximum Gasteiger partial charge on any atom is 0.234 e. The van der Waals surface area contributed by atoms with E-state index in [1.54, 1.807) is 0 Å². The average molecular weight is 145 g/mol. The molecule has 0 heterocycles. The Morgan fingerprint density at radius 2 is 1.90 bits per heavy atom. The van der Waals surface area contributed by atoms with Crippen LogP contribution in [0, 0.1) is 0 Å². The minimum Gasteiger partial charge on any atom is -0.324 e. The van der Waals surface area contributed by atoms with Crippen molar-refractivity contribution >= 4 is 11.7 Å². The van der Waals surface area contributed by atoms with E-state index in [2.05, 4.69) is 0 Å². The highest BCUT2D eigenvalue weighted by Crippen LogP contribution is 1.87. The van der Waals surface area contributed by atoms with Gasteiger partial charge in [-0.1, -0.05) is 0 Å². The first kappa shape index (κ1) is 9.06. The molecule has 0 rings (SSSR count). The van der Waals surface area contributed by atoms with Crippen LogP contribution in [0.15, 0.2) is 0 Å². The Balaban J connectivity index is 3.35. The lowest BCUT2D eigenvalue weighted by Crippen LogP contribution is -2.30. The van der Waals surface area contributed by atoms with Crippen LogP contribution in [0.1, 0.15) is 12.8 Å². The van der Waals surface area contributed by atoms with Gasteiger partial charge in [0.2, 0.25) is 5.91 Å². The first-order valence-corrected chi connectivity index (χ1v) is 2.92. The van der Waals surface area contributed by atoms with Crippen LogP contribution in [0.4, 0.5) is 0 Å². The molecule has 0 aromatic heterocycles. The highest BCUT2D eigenvalue weighted by atomic mass is 16.2. The van der Waals surface area contributed by atoms with E-state index in [1.807, 2.05) is 5.43 Å². The van der Waals surface area contributed by atoms with E-state index < -0.39 is 0 Å². The number of hydrogen-bond donors (Lipinski definition) is 3. The van der Waals surface area contributed by atoms with Crippen LogP contribution in [0.25, 0.3) is 0 Å². The van der Waals surface area contributed by atoms with Crippen LogP contribution in [0.2, 0.25) is 0 Å². The van der Waals surface area contributed by atoms with E-state index in [1.165, 1.54) is 0 Å². The van der Waals surface area contributed by atoms with Gasteiger partial charge in [-0.05, 0) is 0 Å². The van der Waals surface area contributed by atoms with Gasteiger partial charge in [-0.3, -0.25) is 15.0 Å². The second-order valence-corrected chi connectivity index (χ2v) is 1.81. The van der Waals surface area contributed by atoms with Gasteiger partial charge in [0.05, 0.1) is 6.54 Å². The van der Waals surface area contributed by atoms with E-state index in [4.69, 9.17) is 11.6 Å². The third kappa shape index (κ3) is 3.99. The van der Waals surface area contributed by atoms with Gasteiger partial charge in [-0.2, -0.15) is 0 Å². The number of rotatable bonds is 4. The molecule has 0 aromatic carbocycles. The molecule has 5 heteroatoms. The smallest absolute Gasteiger partial charge is 0.234 e. The second kappa shape index (κ2) is 4.89. The Morgan fingerprint density at radius 1 is 1.30 bits per heavy atom. The molecule has 0 saturated heterocycles. The predicted octanol–water partition coefficient (Wildman–Crippen LogP) is -1.72. The summed E-state index contributed by atoms with van der Waals surface area (Å²) < 4.78 is 0. The fraction of sp³-hybridized carbons (Fsp3) is 0.600. The zero-order chi connectivity index (χ0) is 7.98. The highest BCUT2D eigenvalue weighted by molar-refractivity contribution is 5.85. The fourth-order valence-electron chi connectivity index (χ4n) is 0.427. The molecular weight excluding hydrogens is 134 g/mol. The van der Waals surface area contributed by atoms with Crippen LogP contribution in [-0.2, 0) is 9.59 Å². The van der Waals surface area contributed by atoms with Crippen LogP contribution in [0.3, 0.4) is 0 Å². The van der Waals surface area contributed by atoms with Gasteiger partial charge >= 0.3 is 0 Å². The molecule has 0 aromatic rings. The number of carbonyl (C=O) groups excluding carboxylic acids is 2. The molecule has 5 nitrogen and oxygen atoms in total. The molecule has 0 unspecified atom stereocenters. The largest absolute Gasteiger partial charge is 0.324 e. The molecule has 0 aliphatic rings. The number of nitrogens with one attached hydrogen (secondary N) is 1. The van der Waals surface area contributed by atoms with Crippen LogP contribution >= 0.6 is 0 Å². The topological polar surface area (TPSA) is 98.2 Å². The van der Waals surface area contributed by atoms with Crippen molar-refractivity contribution in [1.29, 1.82) is 0 Å². The zero-order valence-corrected chi connectivity index (χ0v) is 5.59. The number of ketones is 1. The zero-order valence-electron chi connectivity index (χ0n) is 5.59. The number of amides is 1. The van der Waals surface area contributed by atoms with E-state index in [0.29, 0.717) is 0 Å². The quantitative estimate of drug-likeness (QED) is 0.249. The monoisotopic (exact) mass is 145 g/mol. The van der Waals surface area contributed by atoms with E-state index >= 15 is 0 Å². The summed E-state index contributed by atoms with van der Waals surface area (Å²) in [5.41, 5.74) is 6.90. The lowest BCUT2D eigenvalue weighted by Gasteiger charge is -1.95. The number of carbonyl (C=O) groups is 2. The minimum atomic E-state index is -0.346. The van der Waals surface area contributed by atoms with Crippen molar-refractivity contribution in [2.24, 2.45) is 11.6 Å². The first-order chi connectivity index (χ1) is 4.70. The SMILES string of the molecule is NCC(=O)CCC(=O)NN. The number of nitrogens with two attached hydrogens (primary N) is 2. The van der Waals surface area contributed by atoms with Gasteiger partial charge in [0.1, 0.15) is 5.78 Å². The lowest BCUT2D eigenvalue weighted by molar-refractivity contribution is -0.124. The highest BCUT2D eigenvalue weighted by Gasteiger charge is 2.02. The van der Waals surface area contributed by atoms with Gasteiger partial charge in [0.15, 0.2) is 0 Å². The summed E-state index contributed by atoms with van der Waals surface area (Å²) in [7, 11) is 0. The Kier molecular flexibility index (Phi) is 4.43. The molecule has 0 fully saturated rings. The summed E-state index contributed by atoms with van der Waals surface area (Å²) >= 11 is 0. The van der Waals surface area contributed by atoms with Crippen LogP contribution in [-0.4, -0.2) is 18.2 Å². The summed E-state index contributed by atoms with van der Waals surface area (Å²) in [6.45, 7) is -0.0160. The van der Waals surface area contributed by atoms with E-state index in [-0.39, 0.29) is 31.1 Å². The molecule has 58 valence electrons. The molecular formula is C5H11N3O2. The Morgan fingerprint density at radius 3 is 2.30 bits per heavy atom. The molecule has 0 atom stereocenters. The summed E-state index contributed by atoms with van der Waals surface area (Å²) in [5, 5.41) is 0. The Bertz CT molecular complexity index is 119. The molecule has 1 amide bonds. The molecule has 0 bridgehead atoms. The van der Waals surface area contributed by atoms with Crippen LogP contribution in [0.5, 0.6) is 0 Å². The third-order valence-electron chi connectivity index (χ3n) is 1.02. The van der Waals surface area contributed by atoms with Crippen molar-refractivity contribution in [2.45, 2.75) is 12.8 Å². The summed E-state index contributed by atoms with van der Waals surface area (Å²) in [4.78, 5) is 20.9. The molecule has 0 radical (unpaired) electrons. The van der Waals surface area contributed by atoms with Crippen molar-refractivity contribution in [3.8, 4) is 0 Å². The third-order valence-corrected chi connectivity index (χ3v) is 1.02. The van der Waals surface area contributed by atoms with Gasteiger partial charge < -0.3 is 5.73 Å². The molecule has 0 saturated carbocycles. The van der Waals surface area contributed by atoms with Gasteiger partial charge in [-0.15, -0.1) is 0 Å². The van der Waals surface area contributed by atoms with Gasteiger partial charge in [0, 0.05) is 12.8 Å². The molecule has 10 heavy (non-hydrogen) atoms. The van der Waals surface area contributed by atoms with E-state index in [9.17, 15) is 9.59 Å². The molecule has 0 spiro atoms. The predicted molar refractivity (Wildman–Crippen MR) is 35.6 cm³/mol. The van der Waals surface area contributed by atoms with Crippen molar-refractivity contribution in [1.82, 2.24) is 5.43 Å². The fourth-order valence-corrected chi connectivity index (χ4v) is 0.427. The van der Waals surface area contributed by atoms with E-state index in [0.717, 1.165) is 0 Å². The Labute approximate surface area is 58.7 Å². The van der Waals surface area contributed by atoms with Crippen molar-refractivity contribution < 1.29 is 9.59 Å². The Hall–Kier alpha value is -0.940. The maximum atomic E-state index is 10.5. The van der Waals surface area contributed by atoms with Crippen LogP contribution < -0.4 is 17.0 Å². The lowest BCUT2D eigenvalue weighted by atomic mass is 10.2. The second-order valence-electron chi connectivity index (χ2n) is 1.81. The number of Topliss-reactive ketones (excluding diaryl/α,β-unsaturated/α-hetero) is 1. The summed E-state index contributed by atoms with van der Waals surface area (Å²) in [5.74, 6) is 4.28. The molecule has 5 N–H and O–H groups in total. The minimum absolute atomic E-state index is 0.0160. The number of hydrazine groups is 1. The normalized spacial score (nSPS) is 9.00. The van der Waals surface area contributed by atoms with Gasteiger partial charge in [0.25, 0.3) is 0 Å². The molecule has 0 aliphatic heterocycles. The van der Waals surface area contributed by atoms with Crippen molar-refractivity contribution in [2.75, 3.05) is 6.54 Å². The molecule has 0 aliphatic carbocycles.